The molecule has 25 heavy (non-hydrogen) atoms. The molecule has 0 aliphatic rings. The van der Waals surface area contributed by atoms with Crippen molar-refractivity contribution in [2.75, 3.05) is 0 Å². The van der Waals surface area contributed by atoms with Gasteiger partial charge in [-0.3, -0.25) is 4.79 Å². The van der Waals surface area contributed by atoms with E-state index in [-0.39, 0.29) is 5.97 Å². The Labute approximate surface area is 153 Å². The molecule has 0 spiro atoms. The first kappa shape index (κ1) is 23.4. The summed E-state index contributed by atoms with van der Waals surface area (Å²) in [6.45, 7) is 1.39. The van der Waals surface area contributed by atoms with Crippen LogP contribution in [-0.2, 0) is 9.53 Å². The topological polar surface area (TPSA) is 94.1 Å². The minimum Gasteiger partial charge on any atom is -0.460 e. The summed E-state index contributed by atoms with van der Waals surface area (Å²) in [5, 5.41) is 27.3. The van der Waals surface area contributed by atoms with Gasteiger partial charge in [0.2, 0.25) is 0 Å². The van der Waals surface area contributed by atoms with E-state index in [1.807, 2.05) is 0 Å². The lowest BCUT2D eigenvalue weighted by molar-refractivity contribution is -0.153. The fraction of sp³-hybridized carbons (Fsp3) is 0.850. The first-order valence-electron chi connectivity index (χ1n) is 9.71. The Morgan fingerprint density at radius 2 is 1.28 bits per heavy atom. The van der Waals surface area contributed by atoms with E-state index in [9.17, 15) is 9.90 Å². The summed E-state index contributed by atoms with van der Waals surface area (Å²) >= 11 is 0. The van der Waals surface area contributed by atoms with E-state index in [1.165, 1.54) is 6.92 Å². The first-order chi connectivity index (χ1) is 12.1. The van der Waals surface area contributed by atoms with Crippen LogP contribution in [-0.4, -0.2) is 23.3 Å². The molecule has 0 fully saturated rings. The van der Waals surface area contributed by atoms with Gasteiger partial charge in [-0.05, 0) is 32.1 Å². The van der Waals surface area contributed by atoms with Gasteiger partial charge in [0.25, 0.3) is 0 Å². The summed E-state index contributed by atoms with van der Waals surface area (Å²) in [6.07, 6.45) is 11.7. The van der Waals surface area contributed by atoms with Gasteiger partial charge < -0.3 is 9.84 Å². The number of hydrogen-bond donors (Lipinski definition) is 1. The Morgan fingerprint density at radius 1 is 0.840 bits per heavy atom. The molecular formula is C20H34N2O3. The lowest BCUT2D eigenvalue weighted by Gasteiger charge is -2.22. The van der Waals surface area contributed by atoms with Crippen molar-refractivity contribution >= 4 is 5.97 Å². The summed E-state index contributed by atoms with van der Waals surface area (Å²) in [7, 11) is 0. The molecule has 0 heterocycles. The van der Waals surface area contributed by atoms with E-state index >= 15 is 0 Å². The third-order valence-corrected chi connectivity index (χ3v) is 4.31. The van der Waals surface area contributed by atoms with Crippen LogP contribution < -0.4 is 0 Å². The zero-order chi connectivity index (χ0) is 18.8. The third kappa shape index (κ3) is 15.7. The van der Waals surface area contributed by atoms with Crippen molar-refractivity contribution in [3.63, 3.8) is 0 Å². The average molecular weight is 351 g/mol. The van der Waals surface area contributed by atoms with Crippen molar-refractivity contribution in [2.24, 2.45) is 0 Å². The number of aliphatic hydroxyl groups is 1. The molecule has 1 N–H and O–H groups in total. The summed E-state index contributed by atoms with van der Waals surface area (Å²) in [4.78, 5) is 11.3. The highest BCUT2D eigenvalue weighted by atomic mass is 16.6. The molecule has 0 rings (SSSR count). The maximum Gasteiger partial charge on any atom is 0.302 e. The van der Waals surface area contributed by atoms with Gasteiger partial charge in [0.15, 0.2) is 0 Å². The largest absolute Gasteiger partial charge is 0.460 e. The van der Waals surface area contributed by atoms with Crippen LogP contribution in [0.4, 0.5) is 0 Å². The van der Waals surface area contributed by atoms with Gasteiger partial charge in [-0.25, -0.2) is 0 Å². The number of hydrogen-bond acceptors (Lipinski definition) is 5. The summed E-state index contributed by atoms with van der Waals surface area (Å²) in [5.41, 5.74) is 0. The summed E-state index contributed by atoms with van der Waals surface area (Å²) < 4.78 is 5.30. The zero-order valence-electron chi connectivity index (χ0n) is 15.7. The van der Waals surface area contributed by atoms with Crippen molar-refractivity contribution in [3.05, 3.63) is 0 Å². The molecular weight excluding hydrogens is 316 g/mol. The second kappa shape index (κ2) is 17.2. The zero-order valence-corrected chi connectivity index (χ0v) is 15.7. The number of esters is 1. The molecule has 0 radical (unpaired) electrons. The van der Waals surface area contributed by atoms with Crippen LogP contribution in [0, 0.1) is 22.7 Å². The molecule has 0 saturated carbocycles. The number of rotatable bonds is 16. The van der Waals surface area contributed by atoms with Gasteiger partial charge in [-0.1, -0.05) is 44.9 Å². The number of ether oxygens (including phenoxy) is 1. The Bertz CT molecular complexity index is 412. The number of carbonyl (C=O) groups is 1. The number of aliphatic hydroxyl groups excluding tert-OH is 1. The summed E-state index contributed by atoms with van der Waals surface area (Å²) in [5.74, 6) is -0.338. The monoisotopic (exact) mass is 350 g/mol. The van der Waals surface area contributed by atoms with Gasteiger partial charge >= 0.3 is 5.97 Å². The molecule has 0 aromatic heterocycles. The highest BCUT2D eigenvalue weighted by Gasteiger charge is 2.21. The van der Waals surface area contributed by atoms with Gasteiger partial charge in [-0.2, -0.15) is 10.5 Å². The van der Waals surface area contributed by atoms with Crippen LogP contribution in [0.2, 0.25) is 0 Å². The van der Waals surface area contributed by atoms with Crippen LogP contribution in [0.15, 0.2) is 0 Å². The number of unbranched alkanes of at least 4 members (excludes halogenated alkanes) is 10. The van der Waals surface area contributed by atoms with Gasteiger partial charge in [0.1, 0.15) is 6.10 Å². The van der Waals surface area contributed by atoms with Crippen molar-refractivity contribution in [1.29, 1.82) is 10.5 Å². The van der Waals surface area contributed by atoms with Crippen LogP contribution >= 0.6 is 0 Å². The van der Waals surface area contributed by atoms with E-state index in [0.29, 0.717) is 25.7 Å². The van der Waals surface area contributed by atoms with Gasteiger partial charge in [0.05, 0.1) is 18.2 Å². The van der Waals surface area contributed by atoms with Crippen LogP contribution in [0.25, 0.3) is 0 Å². The van der Waals surface area contributed by atoms with E-state index in [1.54, 1.807) is 0 Å². The molecule has 0 unspecified atom stereocenters. The van der Waals surface area contributed by atoms with Crippen LogP contribution in [0.1, 0.15) is 96.8 Å². The van der Waals surface area contributed by atoms with Crippen molar-refractivity contribution in [3.8, 4) is 12.1 Å². The number of carbonyl (C=O) groups excluding carboxylic acids is 1. The molecule has 0 bridgehead atoms. The van der Waals surface area contributed by atoms with Crippen LogP contribution in [0.5, 0.6) is 0 Å². The number of nitriles is 2. The van der Waals surface area contributed by atoms with E-state index in [4.69, 9.17) is 15.3 Å². The highest BCUT2D eigenvalue weighted by Crippen LogP contribution is 2.17. The molecule has 142 valence electrons. The highest BCUT2D eigenvalue weighted by molar-refractivity contribution is 5.66. The fourth-order valence-electron chi connectivity index (χ4n) is 2.90. The second-order valence-corrected chi connectivity index (χ2v) is 6.64. The number of nitrogens with zero attached hydrogens (tertiary/aromatic N) is 2. The van der Waals surface area contributed by atoms with Crippen molar-refractivity contribution < 1.29 is 14.6 Å². The quantitative estimate of drug-likeness (QED) is 0.319. The van der Waals surface area contributed by atoms with Gasteiger partial charge in [-0.15, -0.1) is 0 Å². The third-order valence-electron chi connectivity index (χ3n) is 4.31. The Hall–Kier alpha value is -1.59. The standard InChI is InChI=1S/C20H34N2O3/c1-18(23)25-20(15-11-7-3-5-9-13-17-22)19(24)14-10-6-2-4-8-12-16-21/h19-20,24H,2-15H2,1H3/t19-,20-/m1/s1. The summed E-state index contributed by atoms with van der Waals surface area (Å²) in [6, 6.07) is 4.29. The predicted octanol–water partition coefficient (Wildman–Crippen LogP) is 4.79. The minimum absolute atomic E-state index is 0.338. The Morgan fingerprint density at radius 3 is 1.76 bits per heavy atom. The van der Waals surface area contributed by atoms with E-state index in [2.05, 4.69) is 12.1 Å². The molecule has 0 aromatic rings. The minimum atomic E-state index is -0.596. The fourth-order valence-corrected chi connectivity index (χ4v) is 2.90. The van der Waals surface area contributed by atoms with Gasteiger partial charge in [0, 0.05) is 19.8 Å². The predicted molar refractivity (Wildman–Crippen MR) is 97.4 cm³/mol. The molecule has 5 nitrogen and oxygen atoms in total. The normalized spacial score (nSPS) is 12.8. The molecule has 0 aliphatic heterocycles. The lowest BCUT2D eigenvalue weighted by atomic mass is 9.99. The molecule has 0 amide bonds. The molecule has 5 heteroatoms. The lowest BCUT2D eigenvalue weighted by Crippen LogP contribution is -2.30. The molecule has 0 aliphatic carbocycles. The maximum atomic E-state index is 11.3. The Balaban J connectivity index is 3.89. The van der Waals surface area contributed by atoms with Crippen LogP contribution in [0.3, 0.4) is 0 Å². The SMILES string of the molecule is CC(=O)O[C@H](CCCCCCCC#N)[C@H](O)CCCCCCCC#N. The van der Waals surface area contributed by atoms with Crippen molar-refractivity contribution in [1.82, 2.24) is 0 Å². The van der Waals surface area contributed by atoms with E-state index in [0.717, 1.165) is 64.2 Å². The van der Waals surface area contributed by atoms with Crippen molar-refractivity contribution in [2.45, 2.75) is 109 Å². The maximum absolute atomic E-state index is 11.3. The Kier molecular flexibility index (Phi) is 16.1. The average Bonchev–Trinajstić information content (AvgIpc) is 2.58. The second-order valence-electron chi connectivity index (χ2n) is 6.64. The first-order valence-corrected chi connectivity index (χ1v) is 9.71. The molecule has 2 atom stereocenters. The van der Waals surface area contributed by atoms with E-state index < -0.39 is 12.2 Å². The molecule has 0 aromatic carbocycles. The molecule has 0 saturated heterocycles. The smallest absolute Gasteiger partial charge is 0.302 e.